The summed E-state index contributed by atoms with van der Waals surface area (Å²) in [7, 11) is -4.20. The molecule has 1 aromatic rings. The van der Waals surface area contributed by atoms with Gasteiger partial charge >= 0.3 is 12.2 Å². The van der Waals surface area contributed by atoms with Crippen molar-refractivity contribution in [1.29, 1.82) is 0 Å². The molecule has 1 aromatic carbocycles. The molecule has 0 heterocycles. The SMILES string of the molecule is CC(C)CCNC(=O)NS(=O)(=O)c1ccc(C(F)(F)F)cc1. The van der Waals surface area contributed by atoms with Crippen LogP contribution in [0.3, 0.4) is 0 Å². The maximum Gasteiger partial charge on any atom is 0.416 e. The lowest BCUT2D eigenvalue weighted by Crippen LogP contribution is -2.40. The van der Waals surface area contributed by atoms with E-state index >= 15 is 0 Å². The Labute approximate surface area is 127 Å². The van der Waals surface area contributed by atoms with Gasteiger partial charge in [-0.15, -0.1) is 0 Å². The third-order valence-corrected chi connectivity index (χ3v) is 4.07. The van der Waals surface area contributed by atoms with Crippen LogP contribution in [0.1, 0.15) is 25.8 Å². The molecule has 0 saturated heterocycles. The number of nitrogens with one attached hydrogen (secondary N) is 2. The molecule has 22 heavy (non-hydrogen) atoms. The van der Waals surface area contributed by atoms with Gasteiger partial charge in [-0.3, -0.25) is 0 Å². The Morgan fingerprint density at radius 2 is 1.73 bits per heavy atom. The lowest BCUT2D eigenvalue weighted by atomic mass is 10.1. The first-order valence-corrected chi connectivity index (χ1v) is 7.98. The van der Waals surface area contributed by atoms with E-state index in [2.05, 4.69) is 5.32 Å². The van der Waals surface area contributed by atoms with E-state index in [0.29, 0.717) is 31.0 Å². The van der Waals surface area contributed by atoms with Gasteiger partial charge in [0.2, 0.25) is 0 Å². The molecular formula is C13H17F3N2O3S. The van der Waals surface area contributed by atoms with E-state index in [0.717, 1.165) is 12.1 Å². The van der Waals surface area contributed by atoms with E-state index in [1.807, 2.05) is 13.8 Å². The molecule has 0 aliphatic carbocycles. The van der Waals surface area contributed by atoms with Gasteiger partial charge in [-0.2, -0.15) is 13.2 Å². The van der Waals surface area contributed by atoms with Gasteiger partial charge in [0, 0.05) is 6.54 Å². The number of sulfonamides is 1. The molecule has 2 N–H and O–H groups in total. The fraction of sp³-hybridized carbons (Fsp3) is 0.462. The first kappa shape index (κ1) is 18.3. The molecule has 0 atom stereocenters. The molecule has 0 aromatic heterocycles. The van der Waals surface area contributed by atoms with Gasteiger partial charge in [0.25, 0.3) is 10.0 Å². The standard InChI is InChI=1S/C13H17F3N2O3S/c1-9(2)7-8-17-12(19)18-22(20,21)11-5-3-10(4-6-11)13(14,15)16/h3-6,9H,7-8H2,1-2H3,(H2,17,18,19). The van der Waals surface area contributed by atoms with Gasteiger partial charge in [-0.25, -0.2) is 17.9 Å². The van der Waals surface area contributed by atoms with Crippen molar-refractivity contribution in [2.45, 2.75) is 31.3 Å². The summed E-state index contributed by atoms with van der Waals surface area (Å²) in [6.07, 6.45) is -3.88. The molecular weight excluding hydrogens is 321 g/mol. The lowest BCUT2D eigenvalue weighted by Gasteiger charge is -2.11. The number of alkyl halides is 3. The molecule has 0 aliphatic rings. The summed E-state index contributed by atoms with van der Waals surface area (Å²) in [6.45, 7) is 4.18. The van der Waals surface area contributed by atoms with Crippen molar-refractivity contribution in [3.05, 3.63) is 29.8 Å². The molecule has 0 bridgehead atoms. The van der Waals surface area contributed by atoms with Crippen LogP contribution in [0.2, 0.25) is 0 Å². The van der Waals surface area contributed by atoms with Crippen LogP contribution in [-0.2, 0) is 16.2 Å². The van der Waals surface area contributed by atoms with Crippen molar-refractivity contribution in [2.24, 2.45) is 5.92 Å². The third kappa shape index (κ3) is 5.55. The minimum absolute atomic E-state index is 0.298. The number of benzene rings is 1. The Kier molecular flexibility index (Phi) is 5.81. The van der Waals surface area contributed by atoms with E-state index in [4.69, 9.17) is 0 Å². The molecule has 2 amide bonds. The summed E-state index contributed by atoms with van der Waals surface area (Å²) in [4.78, 5) is 11.0. The number of urea groups is 1. The Morgan fingerprint density at radius 3 is 2.18 bits per heavy atom. The summed E-state index contributed by atoms with van der Waals surface area (Å²) in [6, 6.07) is 1.97. The quantitative estimate of drug-likeness (QED) is 0.867. The number of halogens is 3. The van der Waals surface area contributed by atoms with Crippen LogP contribution in [0, 0.1) is 5.92 Å². The second-order valence-corrected chi connectivity index (χ2v) is 6.75. The van der Waals surface area contributed by atoms with Crippen molar-refractivity contribution < 1.29 is 26.4 Å². The normalized spacial score (nSPS) is 12.3. The number of rotatable bonds is 5. The van der Waals surface area contributed by atoms with E-state index in [1.54, 1.807) is 4.72 Å². The zero-order chi connectivity index (χ0) is 17.0. The summed E-state index contributed by atoms with van der Waals surface area (Å²) < 4.78 is 62.6. The predicted molar refractivity (Wildman–Crippen MR) is 74.6 cm³/mol. The van der Waals surface area contributed by atoms with Crippen LogP contribution in [0.25, 0.3) is 0 Å². The van der Waals surface area contributed by atoms with E-state index in [-0.39, 0.29) is 0 Å². The van der Waals surface area contributed by atoms with Gasteiger partial charge in [0.15, 0.2) is 0 Å². The molecule has 0 fully saturated rings. The molecule has 124 valence electrons. The Bertz CT molecular complexity index is 610. The highest BCUT2D eigenvalue weighted by atomic mass is 32.2. The highest BCUT2D eigenvalue weighted by Crippen LogP contribution is 2.29. The minimum Gasteiger partial charge on any atom is -0.337 e. The molecule has 0 saturated carbocycles. The maximum atomic E-state index is 12.4. The van der Waals surface area contributed by atoms with Crippen LogP contribution in [0.4, 0.5) is 18.0 Å². The molecule has 0 radical (unpaired) electrons. The van der Waals surface area contributed by atoms with E-state index < -0.39 is 32.7 Å². The Hall–Kier alpha value is -1.77. The van der Waals surface area contributed by atoms with Crippen molar-refractivity contribution in [3.63, 3.8) is 0 Å². The summed E-state index contributed by atoms with van der Waals surface area (Å²) in [5.41, 5.74) is -0.965. The first-order valence-electron chi connectivity index (χ1n) is 6.50. The minimum atomic E-state index is -4.55. The topological polar surface area (TPSA) is 75.3 Å². The first-order chi connectivity index (χ1) is 10.0. The Morgan fingerprint density at radius 1 is 1.18 bits per heavy atom. The van der Waals surface area contributed by atoms with Crippen LogP contribution in [0.15, 0.2) is 29.2 Å². The zero-order valence-electron chi connectivity index (χ0n) is 12.1. The summed E-state index contributed by atoms with van der Waals surface area (Å²) in [5, 5.41) is 2.37. The molecule has 9 heteroatoms. The van der Waals surface area contributed by atoms with Crippen LogP contribution < -0.4 is 10.0 Å². The van der Waals surface area contributed by atoms with E-state index in [1.165, 1.54) is 0 Å². The fourth-order valence-corrected chi connectivity index (χ4v) is 2.44. The smallest absolute Gasteiger partial charge is 0.337 e. The molecule has 5 nitrogen and oxygen atoms in total. The van der Waals surface area contributed by atoms with Gasteiger partial charge < -0.3 is 5.32 Å². The van der Waals surface area contributed by atoms with Crippen molar-refractivity contribution >= 4 is 16.1 Å². The fourth-order valence-electron chi connectivity index (χ4n) is 1.51. The highest BCUT2D eigenvalue weighted by molar-refractivity contribution is 7.90. The molecule has 0 spiro atoms. The number of carbonyl (C=O) groups is 1. The van der Waals surface area contributed by atoms with Crippen molar-refractivity contribution in [3.8, 4) is 0 Å². The number of hydrogen-bond acceptors (Lipinski definition) is 3. The van der Waals surface area contributed by atoms with Crippen molar-refractivity contribution in [2.75, 3.05) is 6.54 Å². The lowest BCUT2D eigenvalue weighted by molar-refractivity contribution is -0.137. The van der Waals surface area contributed by atoms with Gasteiger partial charge in [0.1, 0.15) is 0 Å². The monoisotopic (exact) mass is 338 g/mol. The third-order valence-electron chi connectivity index (χ3n) is 2.73. The average Bonchev–Trinajstić information content (AvgIpc) is 2.36. The van der Waals surface area contributed by atoms with Gasteiger partial charge in [-0.05, 0) is 36.6 Å². The molecule has 0 unspecified atom stereocenters. The van der Waals surface area contributed by atoms with E-state index in [9.17, 15) is 26.4 Å². The number of carbonyl (C=O) groups excluding carboxylic acids is 1. The number of hydrogen-bond donors (Lipinski definition) is 2. The molecule has 0 aliphatic heterocycles. The Balaban J connectivity index is 2.72. The highest BCUT2D eigenvalue weighted by Gasteiger charge is 2.30. The largest absolute Gasteiger partial charge is 0.416 e. The van der Waals surface area contributed by atoms with Crippen LogP contribution in [-0.4, -0.2) is 21.0 Å². The predicted octanol–water partition coefficient (Wildman–Crippen LogP) is 2.74. The maximum absolute atomic E-state index is 12.4. The second kappa shape index (κ2) is 6.99. The second-order valence-electron chi connectivity index (χ2n) is 5.07. The zero-order valence-corrected chi connectivity index (χ0v) is 12.9. The average molecular weight is 338 g/mol. The number of amides is 2. The summed E-state index contributed by atoms with van der Waals surface area (Å²) >= 11 is 0. The summed E-state index contributed by atoms with van der Waals surface area (Å²) in [5.74, 6) is 0.340. The van der Waals surface area contributed by atoms with Gasteiger partial charge in [0.05, 0.1) is 10.5 Å². The van der Waals surface area contributed by atoms with Gasteiger partial charge in [-0.1, -0.05) is 13.8 Å². The van der Waals surface area contributed by atoms with Crippen LogP contribution in [0.5, 0.6) is 0 Å². The molecule has 1 rings (SSSR count). The van der Waals surface area contributed by atoms with Crippen molar-refractivity contribution in [1.82, 2.24) is 10.0 Å². The van der Waals surface area contributed by atoms with Crippen LogP contribution >= 0.6 is 0 Å².